The zero-order valence-electron chi connectivity index (χ0n) is 17.9. The summed E-state index contributed by atoms with van der Waals surface area (Å²) in [4.78, 5) is 21.1. The average molecular weight is 529 g/mol. The molecule has 3 heterocycles. The number of benzene rings is 1. The first-order valence-electron chi connectivity index (χ1n) is 9.95. The molecule has 1 N–H and O–H groups in total. The number of alkyl halides is 3. The lowest BCUT2D eigenvalue weighted by Crippen LogP contribution is -2.17. The van der Waals surface area contributed by atoms with Crippen LogP contribution in [0.1, 0.15) is 38.7 Å². The van der Waals surface area contributed by atoms with Gasteiger partial charge in [-0.05, 0) is 50.2 Å². The Morgan fingerprint density at radius 1 is 1.24 bits per heavy atom. The number of nitrogens with zero attached hydrogens (tertiary/aromatic N) is 5. The van der Waals surface area contributed by atoms with Gasteiger partial charge in [-0.2, -0.15) is 23.5 Å². The maximum absolute atomic E-state index is 13.4. The third-order valence-corrected chi connectivity index (χ3v) is 5.73. The molecule has 0 fully saturated rings. The zero-order chi connectivity index (χ0) is 24.6. The summed E-state index contributed by atoms with van der Waals surface area (Å²) in [5.74, 6) is -0.725. The molecule has 4 aromatic rings. The van der Waals surface area contributed by atoms with Crippen molar-refractivity contribution in [3.63, 3.8) is 0 Å². The predicted octanol–water partition coefficient (Wildman–Crippen LogP) is 5.40. The molecule has 3 aromatic heterocycles. The van der Waals surface area contributed by atoms with E-state index in [9.17, 15) is 23.2 Å². The van der Waals surface area contributed by atoms with Gasteiger partial charge in [0.05, 0.1) is 46.0 Å². The highest BCUT2D eigenvalue weighted by Crippen LogP contribution is 2.32. The standard InChI is InChI=1S/C23H16BrF3N6O/c1-12-21(13(2)33(32-12)11-19-14(10-28)4-3-7-29-19)31-22(34)17-9-20(23(25,26)27)30-18-6-5-15(24)8-16(17)18/h3-9H,11H2,1-2H3,(H,31,34). The van der Waals surface area contributed by atoms with Crippen molar-refractivity contribution in [2.45, 2.75) is 26.6 Å². The van der Waals surface area contributed by atoms with Gasteiger partial charge >= 0.3 is 6.18 Å². The van der Waals surface area contributed by atoms with Gasteiger partial charge in [-0.3, -0.25) is 14.5 Å². The molecular weight excluding hydrogens is 513 g/mol. The lowest BCUT2D eigenvalue weighted by molar-refractivity contribution is -0.140. The van der Waals surface area contributed by atoms with Crippen LogP contribution in [0.4, 0.5) is 18.9 Å². The van der Waals surface area contributed by atoms with Crippen LogP contribution in [-0.2, 0) is 12.7 Å². The number of rotatable bonds is 4. The smallest absolute Gasteiger partial charge is 0.319 e. The van der Waals surface area contributed by atoms with E-state index in [1.54, 1.807) is 49.0 Å². The van der Waals surface area contributed by atoms with Crippen molar-refractivity contribution < 1.29 is 18.0 Å². The SMILES string of the molecule is Cc1nn(Cc2ncccc2C#N)c(C)c1NC(=O)c1cc(C(F)(F)F)nc2ccc(Br)cc12. The minimum absolute atomic E-state index is 0.0477. The molecule has 0 spiro atoms. The van der Waals surface area contributed by atoms with E-state index in [-0.39, 0.29) is 23.0 Å². The van der Waals surface area contributed by atoms with Crippen molar-refractivity contribution in [3.05, 3.63) is 81.0 Å². The van der Waals surface area contributed by atoms with E-state index in [1.807, 2.05) is 0 Å². The van der Waals surface area contributed by atoms with Gasteiger partial charge in [0.25, 0.3) is 5.91 Å². The number of aromatic nitrogens is 4. The molecule has 0 aliphatic carbocycles. The van der Waals surface area contributed by atoms with Gasteiger partial charge in [0.1, 0.15) is 11.8 Å². The summed E-state index contributed by atoms with van der Waals surface area (Å²) in [6.45, 7) is 3.58. The summed E-state index contributed by atoms with van der Waals surface area (Å²) in [5, 5.41) is 16.7. The summed E-state index contributed by atoms with van der Waals surface area (Å²) in [6.07, 6.45) is -3.15. The van der Waals surface area contributed by atoms with Gasteiger partial charge in [-0.1, -0.05) is 15.9 Å². The number of nitrogens with one attached hydrogen (secondary N) is 1. The van der Waals surface area contributed by atoms with Gasteiger partial charge in [0.15, 0.2) is 0 Å². The monoisotopic (exact) mass is 528 g/mol. The Kier molecular flexibility index (Phi) is 6.10. The first kappa shape index (κ1) is 23.4. The second-order valence-corrected chi connectivity index (χ2v) is 8.40. The summed E-state index contributed by atoms with van der Waals surface area (Å²) in [7, 11) is 0. The summed E-state index contributed by atoms with van der Waals surface area (Å²) in [5.41, 5.74) is 1.03. The first-order chi connectivity index (χ1) is 16.1. The van der Waals surface area contributed by atoms with Crippen molar-refractivity contribution in [3.8, 4) is 6.07 Å². The number of aryl methyl sites for hydroxylation is 1. The Balaban J connectivity index is 1.73. The van der Waals surface area contributed by atoms with Gasteiger partial charge in [0.2, 0.25) is 0 Å². The van der Waals surface area contributed by atoms with Crippen molar-refractivity contribution in [2.24, 2.45) is 0 Å². The highest BCUT2D eigenvalue weighted by Gasteiger charge is 2.34. The Labute approximate surface area is 200 Å². The average Bonchev–Trinajstić information content (AvgIpc) is 3.05. The van der Waals surface area contributed by atoms with Crippen molar-refractivity contribution >= 4 is 38.4 Å². The van der Waals surface area contributed by atoms with E-state index in [2.05, 4.69) is 42.4 Å². The van der Waals surface area contributed by atoms with Crippen molar-refractivity contribution in [2.75, 3.05) is 5.32 Å². The van der Waals surface area contributed by atoms with E-state index in [0.717, 1.165) is 6.07 Å². The fourth-order valence-corrected chi connectivity index (χ4v) is 3.91. The van der Waals surface area contributed by atoms with Crippen molar-refractivity contribution in [1.29, 1.82) is 5.26 Å². The molecule has 0 unspecified atom stereocenters. The number of nitriles is 1. The molecule has 34 heavy (non-hydrogen) atoms. The Morgan fingerprint density at radius 3 is 2.71 bits per heavy atom. The van der Waals surface area contributed by atoms with Gasteiger partial charge in [0, 0.05) is 16.1 Å². The quantitative estimate of drug-likeness (QED) is 0.382. The second kappa shape index (κ2) is 8.87. The van der Waals surface area contributed by atoms with Gasteiger partial charge in [-0.25, -0.2) is 4.98 Å². The van der Waals surface area contributed by atoms with Crippen LogP contribution in [0.2, 0.25) is 0 Å². The molecule has 0 saturated carbocycles. The van der Waals surface area contributed by atoms with Crippen LogP contribution in [0, 0.1) is 25.2 Å². The number of hydrogen-bond acceptors (Lipinski definition) is 5. The van der Waals surface area contributed by atoms with E-state index < -0.39 is 17.8 Å². The Morgan fingerprint density at radius 2 is 2.00 bits per heavy atom. The third-order valence-electron chi connectivity index (χ3n) is 5.24. The molecule has 0 radical (unpaired) electrons. The van der Waals surface area contributed by atoms with Crippen LogP contribution in [-0.4, -0.2) is 25.7 Å². The Bertz CT molecular complexity index is 1470. The van der Waals surface area contributed by atoms with E-state index in [0.29, 0.717) is 32.8 Å². The summed E-state index contributed by atoms with van der Waals surface area (Å²) >= 11 is 3.29. The Hall–Kier alpha value is -3.78. The number of fused-ring (bicyclic) bond motifs is 1. The molecular formula is C23H16BrF3N6O. The summed E-state index contributed by atoms with van der Waals surface area (Å²) < 4.78 is 42.4. The van der Waals surface area contributed by atoms with E-state index in [4.69, 9.17) is 0 Å². The molecule has 0 bridgehead atoms. The fourth-order valence-electron chi connectivity index (χ4n) is 3.55. The molecule has 7 nitrogen and oxygen atoms in total. The minimum atomic E-state index is -4.71. The number of carbonyl (C=O) groups excluding carboxylic acids is 1. The number of pyridine rings is 2. The summed E-state index contributed by atoms with van der Waals surface area (Å²) in [6, 6.07) is 10.6. The van der Waals surface area contributed by atoms with Crippen LogP contribution < -0.4 is 5.32 Å². The number of hydrogen-bond donors (Lipinski definition) is 1. The topological polar surface area (TPSA) is 96.5 Å². The van der Waals surface area contributed by atoms with Crippen LogP contribution in [0.3, 0.4) is 0 Å². The molecule has 0 saturated heterocycles. The zero-order valence-corrected chi connectivity index (χ0v) is 19.5. The lowest BCUT2D eigenvalue weighted by atomic mass is 10.1. The number of halogens is 4. The molecule has 1 aromatic carbocycles. The first-order valence-corrected chi connectivity index (χ1v) is 10.7. The lowest BCUT2D eigenvalue weighted by Gasteiger charge is -2.13. The van der Waals surface area contributed by atoms with Crippen LogP contribution in [0.15, 0.2) is 47.1 Å². The normalized spacial score (nSPS) is 11.4. The molecule has 11 heteroatoms. The van der Waals surface area contributed by atoms with Crippen LogP contribution in [0.25, 0.3) is 10.9 Å². The minimum Gasteiger partial charge on any atom is -0.319 e. The molecule has 4 rings (SSSR count). The van der Waals surface area contributed by atoms with E-state index >= 15 is 0 Å². The second-order valence-electron chi connectivity index (χ2n) is 7.48. The maximum Gasteiger partial charge on any atom is 0.433 e. The maximum atomic E-state index is 13.4. The third kappa shape index (κ3) is 4.49. The van der Waals surface area contributed by atoms with Crippen LogP contribution >= 0.6 is 15.9 Å². The highest BCUT2D eigenvalue weighted by atomic mass is 79.9. The largest absolute Gasteiger partial charge is 0.433 e. The number of anilines is 1. The van der Waals surface area contributed by atoms with Gasteiger partial charge < -0.3 is 5.32 Å². The predicted molar refractivity (Wildman–Crippen MR) is 122 cm³/mol. The molecule has 172 valence electrons. The molecule has 1 amide bonds. The molecule has 0 aliphatic heterocycles. The molecule has 0 atom stereocenters. The highest BCUT2D eigenvalue weighted by molar-refractivity contribution is 9.10. The van der Waals surface area contributed by atoms with Crippen LogP contribution in [0.5, 0.6) is 0 Å². The number of amides is 1. The molecule has 0 aliphatic rings. The fraction of sp³-hybridized carbons (Fsp3) is 0.174. The van der Waals surface area contributed by atoms with E-state index in [1.165, 1.54) is 6.07 Å². The van der Waals surface area contributed by atoms with Crippen molar-refractivity contribution in [1.82, 2.24) is 19.7 Å². The van der Waals surface area contributed by atoms with Gasteiger partial charge in [-0.15, -0.1) is 0 Å². The number of carbonyl (C=O) groups is 1.